The average Bonchev–Trinajstić information content (AvgIpc) is 2.59. The second kappa shape index (κ2) is 6.93. The molecular formula is C18H18ClN3O2. The molecule has 0 radical (unpaired) electrons. The molecule has 3 rings (SSSR count). The van der Waals surface area contributed by atoms with E-state index in [2.05, 4.69) is 5.32 Å². The zero-order valence-electron chi connectivity index (χ0n) is 13.1. The highest BCUT2D eigenvalue weighted by atomic mass is 35.5. The molecule has 6 heteroatoms. The van der Waals surface area contributed by atoms with E-state index < -0.39 is 5.91 Å². The van der Waals surface area contributed by atoms with E-state index in [-0.39, 0.29) is 12.5 Å². The molecule has 124 valence electrons. The Hall–Kier alpha value is -2.53. The van der Waals surface area contributed by atoms with Crippen molar-refractivity contribution in [3.63, 3.8) is 0 Å². The summed E-state index contributed by atoms with van der Waals surface area (Å²) in [6.45, 7) is 0.755. The first-order valence-electron chi connectivity index (χ1n) is 7.78. The third kappa shape index (κ3) is 3.36. The summed E-state index contributed by atoms with van der Waals surface area (Å²) in [5.74, 6) is -0.623. The van der Waals surface area contributed by atoms with E-state index in [1.807, 2.05) is 24.3 Å². The number of nitrogens with zero attached hydrogens (tertiary/aromatic N) is 1. The molecule has 2 amide bonds. The fourth-order valence-electron chi connectivity index (χ4n) is 2.94. The molecule has 5 nitrogen and oxygen atoms in total. The van der Waals surface area contributed by atoms with Crippen LogP contribution in [0.5, 0.6) is 0 Å². The Morgan fingerprint density at radius 2 is 2.00 bits per heavy atom. The Balaban J connectivity index is 1.76. The molecule has 3 N–H and O–H groups in total. The van der Waals surface area contributed by atoms with Gasteiger partial charge in [-0.15, -0.1) is 0 Å². The quantitative estimate of drug-likeness (QED) is 0.896. The predicted molar refractivity (Wildman–Crippen MR) is 95.6 cm³/mol. The summed E-state index contributed by atoms with van der Waals surface area (Å²) < 4.78 is 0. The van der Waals surface area contributed by atoms with E-state index in [4.69, 9.17) is 17.3 Å². The number of aryl methyl sites for hydroxylation is 1. The number of carbonyl (C=O) groups excluding carboxylic acids is 2. The maximum absolute atomic E-state index is 12.6. The minimum Gasteiger partial charge on any atom is -0.375 e. The van der Waals surface area contributed by atoms with Gasteiger partial charge in [0, 0.05) is 22.9 Å². The number of fused-ring (bicyclic) bond motifs is 1. The minimum atomic E-state index is -0.565. The summed E-state index contributed by atoms with van der Waals surface area (Å²) in [6.07, 6.45) is 1.92. The van der Waals surface area contributed by atoms with Crippen molar-refractivity contribution in [3.05, 3.63) is 58.6 Å². The van der Waals surface area contributed by atoms with Gasteiger partial charge in [-0.1, -0.05) is 29.8 Å². The van der Waals surface area contributed by atoms with Crippen molar-refractivity contribution in [1.29, 1.82) is 0 Å². The highest BCUT2D eigenvalue weighted by molar-refractivity contribution is 6.31. The minimum absolute atomic E-state index is 0.0578. The number of nitrogens with one attached hydrogen (secondary N) is 1. The molecule has 2 aromatic carbocycles. The Kier molecular flexibility index (Phi) is 4.71. The van der Waals surface area contributed by atoms with Crippen molar-refractivity contribution in [3.8, 4) is 0 Å². The molecule has 1 aliphatic heterocycles. The van der Waals surface area contributed by atoms with Crippen LogP contribution in [0.25, 0.3) is 0 Å². The maximum Gasteiger partial charge on any atom is 0.250 e. The summed E-state index contributed by atoms with van der Waals surface area (Å²) in [5, 5.41) is 3.46. The van der Waals surface area contributed by atoms with Crippen LogP contribution in [0, 0.1) is 0 Å². The monoisotopic (exact) mass is 343 g/mol. The number of carbonyl (C=O) groups is 2. The standard InChI is InChI=1S/C18H18ClN3O2/c19-13-7-8-14(18(20)24)15(10-13)21-11-17(23)22-9-3-5-12-4-1-2-6-16(12)22/h1-2,4,6-8,10,21H,3,5,9,11H2,(H2,20,24). The molecular weight excluding hydrogens is 326 g/mol. The topological polar surface area (TPSA) is 75.4 Å². The molecule has 1 aliphatic rings. The van der Waals surface area contributed by atoms with Gasteiger partial charge < -0.3 is 16.0 Å². The van der Waals surface area contributed by atoms with Crippen molar-refractivity contribution < 1.29 is 9.59 Å². The van der Waals surface area contributed by atoms with Gasteiger partial charge in [0.1, 0.15) is 0 Å². The van der Waals surface area contributed by atoms with Crippen molar-refractivity contribution in [1.82, 2.24) is 0 Å². The zero-order chi connectivity index (χ0) is 17.1. The molecule has 0 unspecified atom stereocenters. The molecule has 0 aromatic heterocycles. The predicted octanol–water partition coefficient (Wildman–Crippen LogP) is 2.83. The summed E-state index contributed by atoms with van der Waals surface area (Å²) in [4.78, 5) is 25.9. The third-order valence-corrected chi connectivity index (χ3v) is 4.32. The number of amides is 2. The Bertz CT molecular complexity index is 792. The normalized spacial score (nSPS) is 13.3. The van der Waals surface area contributed by atoms with E-state index in [1.54, 1.807) is 23.1 Å². The second-order valence-electron chi connectivity index (χ2n) is 5.69. The molecule has 0 aliphatic carbocycles. The van der Waals surface area contributed by atoms with E-state index in [0.29, 0.717) is 22.8 Å². The van der Waals surface area contributed by atoms with Gasteiger partial charge in [-0.25, -0.2) is 0 Å². The van der Waals surface area contributed by atoms with Crippen LogP contribution in [-0.2, 0) is 11.2 Å². The van der Waals surface area contributed by atoms with Gasteiger partial charge in [0.15, 0.2) is 0 Å². The fourth-order valence-corrected chi connectivity index (χ4v) is 3.11. The maximum atomic E-state index is 12.6. The summed E-state index contributed by atoms with van der Waals surface area (Å²) in [5.41, 5.74) is 8.27. The first-order valence-corrected chi connectivity index (χ1v) is 8.15. The molecule has 24 heavy (non-hydrogen) atoms. The van der Waals surface area contributed by atoms with Gasteiger partial charge in [0.25, 0.3) is 5.91 Å². The van der Waals surface area contributed by atoms with E-state index in [9.17, 15) is 9.59 Å². The van der Waals surface area contributed by atoms with Gasteiger partial charge in [0.2, 0.25) is 5.91 Å². The van der Waals surface area contributed by atoms with E-state index in [0.717, 1.165) is 18.5 Å². The number of para-hydroxylation sites is 1. The fraction of sp³-hybridized carbons (Fsp3) is 0.222. The molecule has 1 heterocycles. The van der Waals surface area contributed by atoms with Crippen LogP contribution in [0.1, 0.15) is 22.3 Å². The lowest BCUT2D eigenvalue weighted by atomic mass is 10.0. The third-order valence-electron chi connectivity index (χ3n) is 4.09. The summed E-state index contributed by atoms with van der Waals surface area (Å²) >= 11 is 5.96. The molecule has 0 saturated heterocycles. The van der Waals surface area contributed by atoms with Crippen molar-refractivity contribution in [2.75, 3.05) is 23.3 Å². The lowest BCUT2D eigenvalue weighted by Crippen LogP contribution is -2.39. The van der Waals surface area contributed by atoms with Crippen molar-refractivity contribution in [2.45, 2.75) is 12.8 Å². The van der Waals surface area contributed by atoms with Gasteiger partial charge in [-0.3, -0.25) is 9.59 Å². The number of anilines is 2. The van der Waals surface area contributed by atoms with E-state index >= 15 is 0 Å². The molecule has 0 spiro atoms. The summed E-state index contributed by atoms with van der Waals surface area (Å²) in [6, 6.07) is 12.7. The van der Waals surface area contributed by atoms with Crippen LogP contribution < -0.4 is 16.0 Å². The number of benzene rings is 2. The number of nitrogens with two attached hydrogens (primary N) is 1. The number of rotatable bonds is 4. The summed E-state index contributed by atoms with van der Waals surface area (Å²) in [7, 11) is 0. The highest BCUT2D eigenvalue weighted by Gasteiger charge is 2.22. The van der Waals surface area contributed by atoms with Crippen LogP contribution in [-0.4, -0.2) is 24.9 Å². The zero-order valence-corrected chi connectivity index (χ0v) is 13.8. The number of hydrogen-bond donors (Lipinski definition) is 2. The number of hydrogen-bond acceptors (Lipinski definition) is 3. The van der Waals surface area contributed by atoms with Gasteiger partial charge in [0.05, 0.1) is 12.1 Å². The van der Waals surface area contributed by atoms with Gasteiger partial charge >= 0.3 is 0 Å². The van der Waals surface area contributed by atoms with Crippen LogP contribution in [0.3, 0.4) is 0 Å². The molecule has 0 bridgehead atoms. The van der Waals surface area contributed by atoms with Crippen LogP contribution in [0.4, 0.5) is 11.4 Å². The van der Waals surface area contributed by atoms with E-state index in [1.165, 1.54) is 5.56 Å². The Labute approximate surface area is 145 Å². The SMILES string of the molecule is NC(=O)c1ccc(Cl)cc1NCC(=O)N1CCCc2ccccc21. The lowest BCUT2D eigenvalue weighted by molar-refractivity contribution is -0.117. The molecule has 0 saturated carbocycles. The van der Waals surface area contributed by atoms with Crippen LogP contribution >= 0.6 is 11.6 Å². The molecule has 0 fully saturated rings. The molecule has 0 atom stereocenters. The Morgan fingerprint density at radius 3 is 2.79 bits per heavy atom. The van der Waals surface area contributed by atoms with Crippen molar-refractivity contribution >= 4 is 34.8 Å². The first kappa shape index (κ1) is 16.3. The average molecular weight is 344 g/mol. The number of primary amides is 1. The van der Waals surface area contributed by atoms with Crippen LogP contribution in [0.15, 0.2) is 42.5 Å². The van der Waals surface area contributed by atoms with Crippen molar-refractivity contribution in [2.24, 2.45) is 5.73 Å². The van der Waals surface area contributed by atoms with Crippen LogP contribution in [0.2, 0.25) is 5.02 Å². The second-order valence-corrected chi connectivity index (χ2v) is 6.12. The first-order chi connectivity index (χ1) is 11.6. The van der Waals surface area contributed by atoms with Gasteiger partial charge in [-0.2, -0.15) is 0 Å². The Morgan fingerprint density at radius 1 is 1.21 bits per heavy atom. The molecule has 2 aromatic rings. The smallest absolute Gasteiger partial charge is 0.250 e. The lowest BCUT2D eigenvalue weighted by Gasteiger charge is -2.29. The number of halogens is 1. The largest absolute Gasteiger partial charge is 0.375 e. The highest BCUT2D eigenvalue weighted by Crippen LogP contribution is 2.27. The van der Waals surface area contributed by atoms with Gasteiger partial charge in [-0.05, 0) is 42.7 Å².